The molecule has 1 atom stereocenters. The molecule has 0 aromatic heterocycles. The van der Waals surface area contributed by atoms with Gasteiger partial charge in [-0.2, -0.15) is 0 Å². The van der Waals surface area contributed by atoms with Gasteiger partial charge in [-0.1, -0.05) is 37.1 Å². The number of hydrogen-bond donors (Lipinski definition) is 1. The number of benzene rings is 1. The van der Waals surface area contributed by atoms with Crippen molar-refractivity contribution >= 4 is 11.6 Å². The Bertz CT molecular complexity index is 301. The van der Waals surface area contributed by atoms with Gasteiger partial charge in [0.1, 0.15) is 5.82 Å². The highest BCUT2D eigenvalue weighted by molar-refractivity contribution is 6.30. The molecule has 0 bridgehead atoms. The summed E-state index contributed by atoms with van der Waals surface area (Å²) in [7, 11) is 0. The normalized spacial score (nSPS) is 12.9. The first-order valence-electron chi connectivity index (χ1n) is 4.76. The fourth-order valence-electron chi connectivity index (χ4n) is 1.40. The van der Waals surface area contributed by atoms with Gasteiger partial charge >= 0.3 is 0 Å². The maximum Gasteiger partial charge on any atom is 0.145 e. The summed E-state index contributed by atoms with van der Waals surface area (Å²) in [6.07, 6.45) is 1.43. The molecule has 0 saturated carbocycles. The summed E-state index contributed by atoms with van der Waals surface area (Å²) in [5.41, 5.74) is 0.485. The van der Waals surface area contributed by atoms with Crippen LogP contribution in [-0.2, 0) is 6.42 Å². The van der Waals surface area contributed by atoms with E-state index in [1.165, 1.54) is 6.07 Å². The van der Waals surface area contributed by atoms with E-state index in [0.717, 1.165) is 6.42 Å². The van der Waals surface area contributed by atoms with Crippen LogP contribution in [0.5, 0.6) is 0 Å². The summed E-state index contributed by atoms with van der Waals surface area (Å²) < 4.78 is 13.4. The van der Waals surface area contributed by atoms with Gasteiger partial charge in [-0.25, -0.2) is 4.39 Å². The molecule has 1 N–H and O–H groups in total. The van der Waals surface area contributed by atoms with Crippen LogP contribution in [0.25, 0.3) is 0 Å². The molecule has 0 heterocycles. The summed E-state index contributed by atoms with van der Waals surface area (Å²) in [4.78, 5) is 0. The second kappa shape index (κ2) is 5.32. The summed E-state index contributed by atoms with van der Waals surface area (Å²) in [5.74, 6) is -0.413. The molecule has 0 fully saturated rings. The Balaban J connectivity index is 2.71. The molecule has 0 aliphatic carbocycles. The minimum Gasteiger partial charge on any atom is -0.393 e. The first-order chi connectivity index (χ1) is 6.65. The standard InChI is InChI=1S/C11H14ClFO/c1-2-4-9(14)7-8-5-3-6-10(12)11(8)13/h3,5-6,9,14H,2,4,7H2,1H3. The third-order valence-electron chi connectivity index (χ3n) is 2.11. The number of hydrogen-bond acceptors (Lipinski definition) is 1. The van der Waals surface area contributed by atoms with Gasteiger partial charge < -0.3 is 5.11 Å². The molecule has 0 aliphatic heterocycles. The molecule has 0 amide bonds. The molecule has 0 saturated heterocycles. The first kappa shape index (κ1) is 11.5. The Kier molecular flexibility index (Phi) is 4.36. The molecule has 3 heteroatoms. The van der Waals surface area contributed by atoms with Gasteiger partial charge in [0.05, 0.1) is 11.1 Å². The minimum atomic E-state index is -0.479. The van der Waals surface area contributed by atoms with Crippen molar-refractivity contribution in [2.75, 3.05) is 0 Å². The van der Waals surface area contributed by atoms with Crippen LogP contribution in [0.2, 0.25) is 5.02 Å². The fraction of sp³-hybridized carbons (Fsp3) is 0.455. The van der Waals surface area contributed by atoms with E-state index in [1.54, 1.807) is 12.1 Å². The van der Waals surface area contributed by atoms with Crippen molar-refractivity contribution in [3.8, 4) is 0 Å². The lowest BCUT2D eigenvalue weighted by Crippen LogP contribution is -2.10. The lowest BCUT2D eigenvalue weighted by molar-refractivity contribution is 0.162. The van der Waals surface area contributed by atoms with Crippen LogP contribution in [0.3, 0.4) is 0 Å². The van der Waals surface area contributed by atoms with Gasteiger partial charge in [0.25, 0.3) is 0 Å². The molecule has 78 valence electrons. The Labute approximate surface area is 88.5 Å². The van der Waals surface area contributed by atoms with Crippen molar-refractivity contribution in [2.24, 2.45) is 0 Å². The zero-order valence-electron chi connectivity index (χ0n) is 8.13. The SMILES string of the molecule is CCCC(O)Cc1cccc(Cl)c1F. The lowest BCUT2D eigenvalue weighted by atomic mass is 10.0. The molecule has 14 heavy (non-hydrogen) atoms. The van der Waals surface area contributed by atoms with E-state index in [4.69, 9.17) is 11.6 Å². The molecule has 0 aliphatic rings. The van der Waals surface area contributed by atoms with Crippen molar-refractivity contribution in [1.29, 1.82) is 0 Å². The van der Waals surface area contributed by atoms with Crippen LogP contribution in [0, 0.1) is 5.82 Å². The average molecular weight is 217 g/mol. The molecule has 1 aromatic carbocycles. The number of aliphatic hydroxyl groups excluding tert-OH is 1. The molecule has 1 unspecified atom stereocenters. The molecular formula is C11H14ClFO. The van der Waals surface area contributed by atoms with E-state index in [9.17, 15) is 9.50 Å². The van der Waals surface area contributed by atoms with Crippen molar-refractivity contribution < 1.29 is 9.50 Å². The van der Waals surface area contributed by atoms with Gasteiger partial charge in [0.2, 0.25) is 0 Å². The van der Waals surface area contributed by atoms with E-state index >= 15 is 0 Å². The number of rotatable bonds is 4. The average Bonchev–Trinajstić information content (AvgIpc) is 2.13. The Morgan fingerprint density at radius 1 is 1.50 bits per heavy atom. The maximum atomic E-state index is 13.4. The van der Waals surface area contributed by atoms with Crippen LogP contribution >= 0.6 is 11.6 Å². The maximum absolute atomic E-state index is 13.4. The highest BCUT2D eigenvalue weighted by Gasteiger charge is 2.10. The predicted molar refractivity (Wildman–Crippen MR) is 56.0 cm³/mol. The summed E-state index contributed by atoms with van der Waals surface area (Å²) in [6, 6.07) is 4.85. The minimum absolute atomic E-state index is 0.117. The zero-order chi connectivity index (χ0) is 10.6. The van der Waals surface area contributed by atoms with Gasteiger partial charge in [-0.05, 0) is 18.1 Å². The van der Waals surface area contributed by atoms with Crippen molar-refractivity contribution in [3.63, 3.8) is 0 Å². The van der Waals surface area contributed by atoms with Gasteiger partial charge in [0.15, 0.2) is 0 Å². The first-order valence-corrected chi connectivity index (χ1v) is 5.14. The number of aliphatic hydroxyl groups is 1. The third kappa shape index (κ3) is 2.96. The van der Waals surface area contributed by atoms with Crippen LogP contribution in [0.4, 0.5) is 4.39 Å². The largest absolute Gasteiger partial charge is 0.393 e. The molecule has 1 nitrogen and oxygen atoms in total. The van der Waals surface area contributed by atoms with Crippen molar-refractivity contribution in [3.05, 3.63) is 34.6 Å². The summed E-state index contributed by atoms with van der Waals surface area (Å²) >= 11 is 5.62. The molecule has 1 rings (SSSR count). The Morgan fingerprint density at radius 2 is 2.21 bits per heavy atom. The van der Waals surface area contributed by atoms with Crippen molar-refractivity contribution in [2.45, 2.75) is 32.3 Å². The zero-order valence-corrected chi connectivity index (χ0v) is 8.89. The third-order valence-corrected chi connectivity index (χ3v) is 2.40. The second-order valence-corrected chi connectivity index (χ2v) is 3.77. The van der Waals surface area contributed by atoms with Gasteiger partial charge in [-0.15, -0.1) is 0 Å². The van der Waals surface area contributed by atoms with Crippen LogP contribution in [-0.4, -0.2) is 11.2 Å². The second-order valence-electron chi connectivity index (χ2n) is 3.36. The summed E-state index contributed by atoms with van der Waals surface area (Å²) in [6.45, 7) is 1.98. The van der Waals surface area contributed by atoms with Crippen LogP contribution < -0.4 is 0 Å². The highest BCUT2D eigenvalue weighted by atomic mass is 35.5. The highest BCUT2D eigenvalue weighted by Crippen LogP contribution is 2.19. The van der Waals surface area contributed by atoms with Crippen LogP contribution in [0.15, 0.2) is 18.2 Å². The molecule has 0 spiro atoms. The van der Waals surface area contributed by atoms with E-state index < -0.39 is 11.9 Å². The lowest BCUT2D eigenvalue weighted by Gasteiger charge is -2.10. The predicted octanol–water partition coefficient (Wildman–Crippen LogP) is 3.18. The van der Waals surface area contributed by atoms with Gasteiger partial charge in [0, 0.05) is 6.42 Å². The quantitative estimate of drug-likeness (QED) is 0.820. The smallest absolute Gasteiger partial charge is 0.145 e. The van der Waals surface area contributed by atoms with E-state index in [1.807, 2.05) is 6.92 Å². The molecular weight excluding hydrogens is 203 g/mol. The molecule has 1 aromatic rings. The van der Waals surface area contributed by atoms with E-state index in [2.05, 4.69) is 0 Å². The van der Waals surface area contributed by atoms with E-state index in [-0.39, 0.29) is 5.02 Å². The monoisotopic (exact) mass is 216 g/mol. The Hall–Kier alpha value is -0.600. The summed E-state index contributed by atoms with van der Waals surface area (Å²) in [5, 5.41) is 9.63. The fourth-order valence-corrected chi connectivity index (χ4v) is 1.59. The van der Waals surface area contributed by atoms with Gasteiger partial charge in [-0.3, -0.25) is 0 Å². The number of halogens is 2. The molecule has 0 radical (unpaired) electrons. The Morgan fingerprint density at radius 3 is 2.86 bits per heavy atom. The van der Waals surface area contributed by atoms with Crippen LogP contribution in [0.1, 0.15) is 25.3 Å². The topological polar surface area (TPSA) is 20.2 Å². The van der Waals surface area contributed by atoms with Crippen molar-refractivity contribution in [1.82, 2.24) is 0 Å². The van der Waals surface area contributed by atoms with E-state index in [0.29, 0.717) is 18.4 Å².